The van der Waals surface area contributed by atoms with Gasteiger partial charge in [-0.15, -0.1) is 0 Å². The van der Waals surface area contributed by atoms with Gasteiger partial charge in [-0.05, 0) is 36.5 Å². The van der Waals surface area contributed by atoms with Gasteiger partial charge >= 0.3 is 12.1 Å². The van der Waals surface area contributed by atoms with E-state index in [1.54, 1.807) is 11.0 Å². The monoisotopic (exact) mass is 590 g/mol. The number of rotatable bonds is 8. The number of carbonyl (C=O) groups is 2. The summed E-state index contributed by atoms with van der Waals surface area (Å²) in [5.74, 6) is -1.48. The van der Waals surface area contributed by atoms with Gasteiger partial charge < -0.3 is 24.8 Å². The van der Waals surface area contributed by atoms with Crippen molar-refractivity contribution in [3.63, 3.8) is 0 Å². The first-order valence-electron chi connectivity index (χ1n) is 14.4. The van der Waals surface area contributed by atoms with Crippen LogP contribution in [0.25, 0.3) is 0 Å². The third-order valence-corrected chi connectivity index (χ3v) is 8.73. The third-order valence-electron chi connectivity index (χ3n) is 8.73. The zero-order chi connectivity index (χ0) is 30.8. The van der Waals surface area contributed by atoms with Crippen LogP contribution < -0.4 is 14.8 Å². The molecule has 1 aliphatic heterocycles. The van der Waals surface area contributed by atoms with Crippen molar-refractivity contribution >= 4 is 11.9 Å². The number of nitrogens with one attached hydrogen (secondary N) is 1. The number of amides is 1. The van der Waals surface area contributed by atoms with Crippen molar-refractivity contribution in [3.05, 3.63) is 59.2 Å². The fourth-order valence-corrected chi connectivity index (χ4v) is 6.82. The Bertz CT molecular complexity index is 1270. The molecule has 7 nitrogen and oxygen atoms in total. The van der Waals surface area contributed by atoms with Gasteiger partial charge in [0, 0.05) is 35.5 Å². The zero-order valence-electron chi connectivity index (χ0n) is 24.8. The topological polar surface area (TPSA) is 88.1 Å². The Morgan fingerprint density at radius 2 is 1.62 bits per heavy atom. The molecule has 0 aromatic heterocycles. The molecule has 0 spiro atoms. The van der Waals surface area contributed by atoms with E-state index in [1.165, 1.54) is 20.3 Å². The van der Waals surface area contributed by atoms with Crippen molar-refractivity contribution in [2.24, 2.45) is 17.3 Å². The molecular formula is C32H41F3N2O5. The largest absolute Gasteiger partial charge is 0.496 e. The lowest BCUT2D eigenvalue weighted by Crippen LogP contribution is -2.49. The van der Waals surface area contributed by atoms with Crippen LogP contribution in [0.5, 0.6) is 11.5 Å². The smallest absolute Gasteiger partial charge is 0.416 e. The molecule has 4 atom stereocenters. The maximum Gasteiger partial charge on any atom is 0.416 e. The van der Waals surface area contributed by atoms with Crippen molar-refractivity contribution in [2.45, 2.75) is 83.7 Å². The lowest BCUT2D eigenvalue weighted by atomic mass is 9.72. The fourth-order valence-electron chi connectivity index (χ4n) is 6.82. The summed E-state index contributed by atoms with van der Waals surface area (Å²) in [6.07, 6.45) is -0.223. The van der Waals surface area contributed by atoms with Gasteiger partial charge in [0.25, 0.3) is 0 Å². The van der Waals surface area contributed by atoms with Gasteiger partial charge in [-0.1, -0.05) is 64.3 Å². The normalized spacial score (nSPS) is 23.6. The number of likely N-dealkylation sites (tertiary alicyclic amines) is 1. The summed E-state index contributed by atoms with van der Waals surface area (Å²) in [7, 11) is 2.85. The number of aliphatic carboxylic acids is 1. The second-order valence-corrected chi connectivity index (χ2v) is 12.4. The molecule has 4 rings (SSSR count). The molecular weight excluding hydrogens is 549 g/mol. The molecule has 2 aromatic rings. The summed E-state index contributed by atoms with van der Waals surface area (Å²) in [4.78, 5) is 28.9. The van der Waals surface area contributed by atoms with Crippen molar-refractivity contribution in [1.82, 2.24) is 10.2 Å². The number of ether oxygens (including phenoxy) is 2. The summed E-state index contributed by atoms with van der Waals surface area (Å²) in [5, 5.41) is 14.2. The quantitative estimate of drug-likeness (QED) is 0.367. The van der Waals surface area contributed by atoms with Crippen LogP contribution in [0.3, 0.4) is 0 Å². The molecule has 2 fully saturated rings. The first-order valence-corrected chi connectivity index (χ1v) is 14.4. The van der Waals surface area contributed by atoms with Crippen LogP contribution in [-0.4, -0.2) is 48.2 Å². The summed E-state index contributed by atoms with van der Waals surface area (Å²) in [6, 6.07) is 8.23. The van der Waals surface area contributed by atoms with E-state index in [-0.39, 0.29) is 24.1 Å². The Labute approximate surface area is 245 Å². The first-order chi connectivity index (χ1) is 19.8. The van der Waals surface area contributed by atoms with E-state index in [1.807, 2.05) is 39.0 Å². The number of benzene rings is 2. The molecule has 42 heavy (non-hydrogen) atoms. The van der Waals surface area contributed by atoms with E-state index in [0.717, 1.165) is 31.4 Å². The maximum absolute atomic E-state index is 14.3. The van der Waals surface area contributed by atoms with Crippen LogP contribution in [0.2, 0.25) is 0 Å². The van der Waals surface area contributed by atoms with E-state index in [2.05, 4.69) is 5.32 Å². The molecule has 4 unspecified atom stereocenters. The summed E-state index contributed by atoms with van der Waals surface area (Å²) < 4.78 is 51.1. The van der Waals surface area contributed by atoms with Crippen LogP contribution >= 0.6 is 0 Å². The zero-order valence-corrected chi connectivity index (χ0v) is 24.8. The predicted octanol–water partition coefficient (Wildman–Crippen LogP) is 6.46. The number of carboxylic acids is 1. The number of halogens is 3. The number of carbonyl (C=O) groups excluding carboxylic acids is 1. The minimum absolute atomic E-state index is 0.0707. The molecule has 1 heterocycles. The second kappa shape index (κ2) is 12.5. The lowest BCUT2D eigenvalue weighted by Gasteiger charge is -2.36. The van der Waals surface area contributed by atoms with Crippen LogP contribution in [-0.2, 0) is 22.3 Å². The van der Waals surface area contributed by atoms with E-state index in [4.69, 9.17) is 9.47 Å². The molecule has 2 aromatic carbocycles. The van der Waals surface area contributed by atoms with E-state index >= 15 is 0 Å². The first kappa shape index (κ1) is 31.7. The van der Waals surface area contributed by atoms with Crippen LogP contribution in [0.4, 0.5) is 13.2 Å². The van der Waals surface area contributed by atoms with Crippen molar-refractivity contribution in [2.75, 3.05) is 14.2 Å². The Morgan fingerprint density at radius 1 is 0.976 bits per heavy atom. The van der Waals surface area contributed by atoms with Gasteiger partial charge in [-0.3, -0.25) is 4.79 Å². The summed E-state index contributed by atoms with van der Waals surface area (Å²) >= 11 is 0. The molecule has 230 valence electrons. The molecule has 2 N–H and O–H groups in total. The van der Waals surface area contributed by atoms with Crippen LogP contribution in [0, 0.1) is 17.3 Å². The molecule has 10 heteroatoms. The molecule has 0 radical (unpaired) electrons. The minimum atomic E-state index is -4.52. The lowest BCUT2D eigenvalue weighted by molar-refractivity contribution is -0.154. The van der Waals surface area contributed by atoms with Gasteiger partial charge in [0.1, 0.15) is 17.5 Å². The number of carboxylic acid groups (broad SMARTS) is 1. The van der Waals surface area contributed by atoms with Crippen molar-refractivity contribution in [3.8, 4) is 11.5 Å². The number of hydrogen-bond donors (Lipinski definition) is 2. The third kappa shape index (κ3) is 6.38. The molecule has 1 saturated heterocycles. The number of para-hydroxylation sites is 1. The average Bonchev–Trinajstić information content (AvgIpc) is 3.31. The Kier molecular flexibility index (Phi) is 9.45. The number of hydrogen-bond acceptors (Lipinski definition) is 5. The number of nitrogens with zero attached hydrogens (tertiary/aromatic N) is 1. The highest BCUT2D eigenvalue weighted by Crippen LogP contribution is 2.51. The average molecular weight is 591 g/mol. The second-order valence-electron chi connectivity index (χ2n) is 12.4. The number of alkyl halides is 3. The van der Waals surface area contributed by atoms with E-state index in [0.29, 0.717) is 29.7 Å². The highest BCUT2D eigenvalue weighted by molar-refractivity contribution is 5.87. The van der Waals surface area contributed by atoms with E-state index < -0.39 is 47.2 Å². The van der Waals surface area contributed by atoms with Gasteiger partial charge in [0.2, 0.25) is 5.91 Å². The summed E-state index contributed by atoms with van der Waals surface area (Å²) in [5.41, 5.74) is -0.217. The van der Waals surface area contributed by atoms with E-state index in [9.17, 15) is 27.9 Å². The van der Waals surface area contributed by atoms with Crippen molar-refractivity contribution < 1.29 is 37.3 Å². The number of methoxy groups -OCH3 is 2. The van der Waals surface area contributed by atoms with Gasteiger partial charge in [-0.2, -0.15) is 13.2 Å². The Hall–Kier alpha value is -3.27. The van der Waals surface area contributed by atoms with Crippen LogP contribution in [0.15, 0.2) is 42.5 Å². The minimum Gasteiger partial charge on any atom is -0.496 e. The molecule has 2 aliphatic rings. The molecule has 1 saturated carbocycles. The maximum atomic E-state index is 14.3. The van der Waals surface area contributed by atoms with Gasteiger partial charge in [0.15, 0.2) is 0 Å². The summed E-state index contributed by atoms with van der Waals surface area (Å²) in [6.45, 7) is 5.96. The molecule has 1 aliphatic carbocycles. The highest BCUT2D eigenvalue weighted by atomic mass is 19.4. The van der Waals surface area contributed by atoms with Crippen molar-refractivity contribution in [1.29, 1.82) is 0 Å². The Balaban J connectivity index is 1.84. The van der Waals surface area contributed by atoms with Gasteiger partial charge in [-0.25, -0.2) is 4.79 Å². The van der Waals surface area contributed by atoms with Crippen LogP contribution in [0.1, 0.15) is 75.6 Å². The standard InChI is InChI=1S/C32H41F3N2O5/c1-31(2,3)25-26(36-18-20-15-16-21(32(33,34)35)17-24(20)42-5)27(22-13-9-10-14-23(22)41-4)37(28(25)30(39)40)29(38)19-11-7-6-8-12-19/h9-10,13-17,19,25-28,36H,6-8,11-12,18H2,1-5H3,(H,39,40). The molecule has 0 bridgehead atoms. The predicted molar refractivity (Wildman–Crippen MR) is 152 cm³/mol. The molecule has 1 amide bonds. The Morgan fingerprint density at radius 3 is 2.19 bits per heavy atom. The fraction of sp³-hybridized carbons (Fsp3) is 0.562. The van der Waals surface area contributed by atoms with Gasteiger partial charge in [0.05, 0.1) is 25.8 Å². The highest BCUT2D eigenvalue weighted by Gasteiger charge is 2.59. The SMILES string of the molecule is COc1cc(C(F)(F)F)ccc1CNC1C(c2ccccc2OC)N(C(=O)C2CCCCC2)C(C(=O)O)C1C(C)(C)C.